The lowest BCUT2D eigenvalue weighted by atomic mass is 10.1. The standard InChI is InChI=1S/C19H13F9INO2/c1-30(8-11-6-12(17(20,21)22)2-3-15(11)29)16(31)32-9-10-4-13(18(23,24)25)7-14(5-10)19(26,27)28/h2-7H,8-9H2,1H3. The minimum Gasteiger partial charge on any atom is -0.445 e. The number of halogens is 10. The SMILES string of the molecule is CN(Cc1cc(C(F)(F)F)ccc1I)C(=O)OCc1cc(C(F)(F)F)cc(C(F)(F)F)c1. The van der Waals surface area contributed by atoms with Gasteiger partial charge in [0.2, 0.25) is 0 Å². The summed E-state index contributed by atoms with van der Waals surface area (Å²) in [4.78, 5) is 13.0. The van der Waals surface area contributed by atoms with Crippen molar-refractivity contribution in [3.8, 4) is 0 Å². The Morgan fingerprint density at radius 2 is 1.34 bits per heavy atom. The van der Waals surface area contributed by atoms with Crippen molar-refractivity contribution < 1.29 is 49.0 Å². The Labute approximate surface area is 189 Å². The molecule has 13 heteroatoms. The van der Waals surface area contributed by atoms with Gasteiger partial charge in [-0.2, -0.15) is 39.5 Å². The number of ether oxygens (including phenoxy) is 1. The maximum atomic E-state index is 12.9. The van der Waals surface area contributed by atoms with E-state index < -0.39 is 53.5 Å². The quantitative estimate of drug-likeness (QED) is 0.283. The molecule has 0 fully saturated rings. The van der Waals surface area contributed by atoms with Crippen LogP contribution in [0.1, 0.15) is 27.8 Å². The molecule has 0 aromatic heterocycles. The molecular formula is C19H13F9INO2. The molecule has 1 amide bonds. The molecule has 2 aromatic rings. The minimum absolute atomic E-state index is 0.0625. The molecule has 0 aliphatic rings. The van der Waals surface area contributed by atoms with Gasteiger partial charge >= 0.3 is 24.6 Å². The molecule has 3 nitrogen and oxygen atoms in total. The Kier molecular flexibility index (Phi) is 7.62. The van der Waals surface area contributed by atoms with Gasteiger partial charge in [-0.15, -0.1) is 0 Å². The predicted octanol–water partition coefficient (Wildman–Crippen LogP) is 7.12. The van der Waals surface area contributed by atoms with Crippen LogP contribution in [0.4, 0.5) is 44.3 Å². The largest absolute Gasteiger partial charge is 0.445 e. The van der Waals surface area contributed by atoms with Gasteiger partial charge in [-0.1, -0.05) is 0 Å². The summed E-state index contributed by atoms with van der Waals surface area (Å²) in [5.41, 5.74) is -4.50. The molecule has 2 rings (SSSR count). The summed E-state index contributed by atoms with van der Waals surface area (Å²) >= 11 is 1.76. The first-order valence-corrected chi connectivity index (χ1v) is 9.58. The first-order chi connectivity index (χ1) is 14.5. The van der Waals surface area contributed by atoms with Crippen LogP contribution in [0.15, 0.2) is 36.4 Å². The van der Waals surface area contributed by atoms with Crippen molar-refractivity contribution in [1.29, 1.82) is 0 Å². The Morgan fingerprint density at radius 1 is 0.844 bits per heavy atom. The summed E-state index contributed by atoms with van der Waals surface area (Å²) in [7, 11) is 1.16. The van der Waals surface area contributed by atoms with Crippen molar-refractivity contribution in [1.82, 2.24) is 4.90 Å². The molecule has 0 N–H and O–H groups in total. The number of carbonyl (C=O) groups excluding carboxylic acids is 1. The molecule has 0 saturated carbocycles. The number of rotatable bonds is 4. The highest BCUT2D eigenvalue weighted by Gasteiger charge is 2.37. The molecule has 0 spiro atoms. The second-order valence-corrected chi connectivity index (χ2v) is 7.79. The smallest absolute Gasteiger partial charge is 0.416 e. The molecule has 176 valence electrons. The molecule has 0 aliphatic carbocycles. The summed E-state index contributed by atoms with van der Waals surface area (Å²) in [5, 5.41) is 0. The van der Waals surface area contributed by atoms with Gasteiger partial charge in [0.25, 0.3) is 0 Å². The van der Waals surface area contributed by atoms with E-state index >= 15 is 0 Å². The highest BCUT2D eigenvalue weighted by Crippen LogP contribution is 2.36. The fraction of sp³-hybridized carbons (Fsp3) is 0.316. The molecule has 0 atom stereocenters. The number of carbonyl (C=O) groups is 1. The van der Waals surface area contributed by atoms with Gasteiger partial charge in [0.1, 0.15) is 6.61 Å². The highest BCUT2D eigenvalue weighted by atomic mass is 127. The summed E-state index contributed by atoms with van der Waals surface area (Å²) in [6.45, 7) is -1.24. The van der Waals surface area contributed by atoms with Crippen LogP contribution in [0.2, 0.25) is 0 Å². The minimum atomic E-state index is -5.06. The summed E-state index contributed by atoms with van der Waals surface area (Å²) in [5.74, 6) is 0. The molecule has 0 heterocycles. The van der Waals surface area contributed by atoms with Gasteiger partial charge in [0.05, 0.1) is 16.7 Å². The molecular weight excluding hydrogens is 572 g/mol. The van der Waals surface area contributed by atoms with E-state index in [2.05, 4.69) is 0 Å². The third-order valence-corrected chi connectivity index (χ3v) is 5.15. The zero-order valence-electron chi connectivity index (χ0n) is 15.9. The third-order valence-electron chi connectivity index (χ3n) is 4.10. The lowest BCUT2D eigenvalue weighted by Crippen LogP contribution is -2.27. The van der Waals surface area contributed by atoms with Crippen LogP contribution in [0.25, 0.3) is 0 Å². The van der Waals surface area contributed by atoms with Crippen LogP contribution in [0.5, 0.6) is 0 Å². The van der Waals surface area contributed by atoms with Gasteiger partial charge in [-0.3, -0.25) is 0 Å². The maximum Gasteiger partial charge on any atom is 0.416 e. The van der Waals surface area contributed by atoms with Crippen LogP contribution in [0.3, 0.4) is 0 Å². The summed E-state index contributed by atoms with van der Waals surface area (Å²) in [6, 6.07) is 3.65. The average molecular weight is 585 g/mol. The van der Waals surface area contributed by atoms with Crippen molar-refractivity contribution >= 4 is 28.7 Å². The van der Waals surface area contributed by atoms with Crippen molar-refractivity contribution in [3.63, 3.8) is 0 Å². The van der Waals surface area contributed by atoms with E-state index in [-0.39, 0.29) is 18.2 Å². The Bertz CT molecular complexity index is 952. The summed E-state index contributed by atoms with van der Waals surface area (Å²) < 4.78 is 121. The first-order valence-electron chi connectivity index (χ1n) is 8.50. The lowest BCUT2D eigenvalue weighted by Gasteiger charge is -2.19. The summed E-state index contributed by atoms with van der Waals surface area (Å²) in [6.07, 6.45) is -15.9. The number of amides is 1. The third kappa shape index (κ3) is 6.90. The number of hydrogen-bond donors (Lipinski definition) is 0. The molecule has 32 heavy (non-hydrogen) atoms. The van der Waals surface area contributed by atoms with Crippen LogP contribution in [-0.2, 0) is 36.4 Å². The average Bonchev–Trinajstić information content (AvgIpc) is 2.65. The molecule has 0 aliphatic heterocycles. The normalized spacial score (nSPS) is 12.6. The van der Waals surface area contributed by atoms with Crippen molar-refractivity contribution in [3.05, 3.63) is 67.8 Å². The number of hydrogen-bond acceptors (Lipinski definition) is 2. The molecule has 0 radical (unpaired) electrons. The zero-order chi connectivity index (χ0) is 24.5. The van der Waals surface area contributed by atoms with E-state index in [9.17, 15) is 44.3 Å². The number of nitrogens with zero attached hydrogens (tertiary/aromatic N) is 1. The maximum absolute atomic E-state index is 12.9. The van der Waals surface area contributed by atoms with Crippen LogP contribution < -0.4 is 0 Å². The first kappa shape index (κ1) is 26.1. The van der Waals surface area contributed by atoms with Crippen molar-refractivity contribution in [2.45, 2.75) is 31.7 Å². The molecule has 0 unspecified atom stereocenters. The van der Waals surface area contributed by atoms with Gasteiger partial charge in [0.15, 0.2) is 0 Å². The fourth-order valence-electron chi connectivity index (χ4n) is 2.55. The van der Waals surface area contributed by atoms with Gasteiger partial charge in [0, 0.05) is 17.2 Å². The fourth-order valence-corrected chi connectivity index (χ4v) is 3.06. The van der Waals surface area contributed by atoms with E-state index in [4.69, 9.17) is 4.74 Å². The van der Waals surface area contributed by atoms with Crippen LogP contribution >= 0.6 is 22.6 Å². The Hall–Kier alpha value is -2.19. The molecule has 0 saturated heterocycles. The van der Waals surface area contributed by atoms with Crippen LogP contribution in [-0.4, -0.2) is 18.0 Å². The Balaban J connectivity index is 2.16. The highest BCUT2D eigenvalue weighted by molar-refractivity contribution is 14.1. The number of alkyl halides is 9. The molecule has 2 aromatic carbocycles. The zero-order valence-corrected chi connectivity index (χ0v) is 18.1. The van der Waals surface area contributed by atoms with E-state index in [0.29, 0.717) is 15.7 Å². The Morgan fingerprint density at radius 3 is 1.81 bits per heavy atom. The number of benzene rings is 2. The van der Waals surface area contributed by atoms with Gasteiger partial charge in [-0.05, 0) is 70.1 Å². The topological polar surface area (TPSA) is 29.5 Å². The lowest BCUT2D eigenvalue weighted by molar-refractivity contribution is -0.143. The van der Waals surface area contributed by atoms with Gasteiger partial charge < -0.3 is 9.64 Å². The second-order valence-electron chi connectivity index (χ2n) is 6.63. The molecule has 0 bridgehead atoms. The monoisotopic (exact) mass is 585 g/mol. The van der Waals surface area contributed by atoms with E-state index in [1.165, 1.54) is 6.07 Å². The second kappa shape index (κ2) is 9.35. The van der Waals surface area contributed by atoms with E-state index in [1.54, 1.807) is 22.6 Å². The van der Waals surface area contributed by atoms with Gasteiger partial charge in [-0.25, -0.2) is 4.79 Å². The van der Waals surface area contributed by atoms with Crippen molar-refractivity contribution in [2.24, 2.45) is 0 Å². The van der Waals surface area contributed by atoms with Crippen molar-refractivity contribution in [2.75, 3.05) is 7.05 Å². The van der Waals surface area contributed by atoms with E-state index in [0.717, 1.165) is 24.1 Å². The van der Waals surface area contributed by atoms with Crippen LogP contribution in [0, 0.1) is 3.57 Å². The van der Waals surface area contributed by atoms with E-state index in [1.807, 2.05) is 0 Å². The predicted molar refractivity (Wildman–Crippen MR) is 102 cm³/mol.